The molecule has 3 heterocycles. The van der Waals surface area contributed by atoms with Gasteiger partial charge in [-0.15, -0.1) is 11.3 Å². The van der Waals surface area contributed by atoms with Crippen LogP contribution in [0.1, 0.15) is 36.7 Å². The van der Waals surface area contributed by atoms with Gasteiger partial charge in [0.1, 0.15) is 5.01 Å². The van der Waals surface area contributed by atoms with Gasteiger partial charge in [0.15, 0.2) is 0 Å². The number of fused-ring (bicyclic) bond motifs is 1. The molecular formula is C23H26N4O3S2. The third-order valence-corrected chi connectivity index (χ3v) is 9.20. The van der Waals surface area contributed by atoms with Gasteiger partial charge in [-0.05, 0) is 68.6 Å². The molecule has 2 fully saturated rings. The van der Waals surface area contributed by atoms with Crippen molar-refractivity contribution in [3.63, 3.8) is 0 Å². The van der Waals surface area contributed by atoms with Crippen molar-refractivity contribution in [2.75, 3.05) is 31.5 Å². The van der Waals surface area contributed by atoms with Crippen molar-refractivity contribution >= 4 is 43.2 Å². The van der Waals surface area contributed by atoms with Crippen LogP contribution in [0.25, 0.3) is 10.2 Å². The Hall–Kier alpha value is -2.33. The largest absolute Gasteiger partial charge is 0.325 e. The SMILES string of the molecule is O=C(CN1CCC[C@@H]1c1nc2ccccc2s1)Nc1ccc(S(=O)(=O)N2CCCC2)cc1. The highest BCUT2D eigenvalue weighted by molar-refractivity contribution is 7.89. The van der Waals surface area contributed by atoms with Gasteiger partial charge in [-0.3, -0.25) is 9.69 Å². The summed E-state index contributed by atoms with van der Waals surface area (Å²) >= 11 is 1.70. The fraction of sp³-hybridized carbons (Fsp3) is 0.391. The smallest absolute Gasteiger partial charge is 0.243 e. The zero-order valence-electron chi connectivity index (χ0n) is 17.7. The van der Waals surface area contributed by atoms with Gasteiger partial charge in [-0.1, -0.05) is 12.1 Å². The topological polar surface area (TPSA) is 82.6 Å². The Balaban J connectivity index is 1.23. The molecule has 2 saturated heterocycles. The zero-order valence-corrected chi connectivity index (χ0v) is 19.4. The Kier molecular flexibility index (Phi) is 5.98. The Morgan fingerprint density at radius 1 is 1.03 bits per heavy atom. The number of hydrogen-bond donors (Lipinski definition) is 1. The van der Waals surface area contributed by atoms with Crippen LogP contribution in [0.4, 0.5) is 5.69 Å². The Bertz CT molecular complexity index is 1180. The summed E-state index contributed by atoms with van der Waals surface area (Å²) in [6.07, 6.45) is 3.84. The fourth-order valence-corrected chi connectivity index (χ4v) is 7.15. The van der Waals surface area contributed by atoms with Crippen LogP contribution in [0, 0.1) is 0 Å². The first kappa shape index (κ1) is 21.5. The summed E-state index contributed by atoms with van der Waals surface area (Å²) in [6.45, 7) is 2.30. The van der Waals surface area contributed by atoms with Gasteiger partial charge in [0.2, 0.25) is 15.9 Å². The van der Waals surface area contributed by atoms with E-state index in [4.69, 9.17) is 4.98 Å². The normalized spacial score (nSPS) is 20.2. The molecule has 1 N–H and O–H groups in total. The number of likely N-dealkylation sites (tertiary alicyclic amines) is 1. The molecule has 0 radical (unpaired) electrons. The number of amides is 1. The van der Waals surface area contributed by atoms with E-state index < -0.39 is 10.0 Å². The average molecular weight is 471 g/mol. The van der Waals surface area contributed by atoms with Gasteiger partial charge in [-0.25, -0.2) is 13.4 Å². The average Bonchev–Trinajstić information content (AvgIpc) is 3.54. The van der Waals surface area contributed by atoms with Crippen LogP contribution in [0.3, 0.4) is 0 Å². The minimum atomic E-state index is -3.45. The van der Waals surface area contributed by atoms with E-state index in [1.54, 1.807) is 35.6 Å². The highest BCUT2D eigenvalue weighted by atomic mass is 32.2. The molecule has 32 heavy (non-hydrogen) atoms. The molecule has 1 atom stereocenters. The van der Waals surface area contributed by atoms with Crippen molar-refractivity contribution in [1.29, 1.82) is 0 Å². The van der Waals surface area contributed by atoms with E-state index in [1.165, 1.54) is 9.01 Å². The van der Waals surface area contributed by atoms with Gasteiger partial charge >= 0.3 is 0 Å². The van der Waals surface area contributed by atoms with Crippen LogP contribution in [0.15, 0.2) is 53.4 Å². The number of thiazole rings is 1. The lowest BCUT2D eigenvalue weighted by Gasteiger charge is -2.22. The number of benzene rings is 2. The molecule has 0 bridgehead atoms. The van der Waals surface area contributed by atoms with E-state index in [9.17, 15) is 13.2 Å². The fourth-order valence-electron chi connectivity index (χ4n) is 4.50. The molecule has 2 aliphatic rings. The first-order valence-corrected chi connectivity index (χ1v) is 13.3. The molecule has 9 heteroatoms. The van der Waals surface area contributed by atoms with Crippen LogP contribution in [-0.4, -0.2) is 54.7 Å². The number of nitrogens with zero attached hydrogens (tertiary/aromatic N) is 3. The van der Waals surface area contributed by atoms with Gasteiger partial charge in [-0.2, -0.15) is 4.31 Å². The predicted octanol–water partition coefficient (Wildman–Crippen LogP) is 3.86. The van der Waals surface area contributed by atoms with E-state index in [1.807, 2.05) is 18.2 Å². The third-order valence-electron chi connectivity index (χ3n) is 6.15. The van der Waals surface area contributed by atoms with Gasteiger partial charge in [0.05, 0.1) is 27.7 Å². The maximum absolute atomic E-state index is 12.7. The van der Waals surface area contributed by atoms with Crippen molar-refractivity contribution in [2.45, 2.75) is 36.6 Å². The quantitative estimate of drug-likeness (QED) is 0.592. The maximum atomic E-state index is 12.7. The second kappa shape index (κ2) is 8.90. The number of carbonyl (C=O) groups is 1. The number of rotatable bonds is 6. The summed E-state index contributed by atoms with van der Waals surface area (Å²) in [5.41, 5.74) is 1.61. The van der Waals surface area contributed by atoms with Crippen LogP contribution in [0.5, 0.6) is 0 Å². The first-order chi connectivity index (χ1) is 15.5. The number of carbonyl (C=O) groups excluding carboxylic acids is 1. The summed E-state index contributed by atoms with van der Waals surface area (Å²) in [7, 11) is -3.45. The van der Waals surface area contributed by atoms with Crippen molar-refractivity contribution in [3.8, 4) is 0 Å². The minimum Gasteiger partial charge on any atom is -0.325 e. The molecule has 0 saturated carbocycles. The number of nitrogens with one attached hydrogen (secondary N) is 1. The minimum absolute atomic E-state index is 0.104. The van der Waals surface area contributed by atoms with Gasteiger partial charge in [0.25, 0.3) is 0 Å². The summed E-state index contributed by atoms with van der Waals surface area (Å²) in [5, 5.41) is 3.97. The highest BCUT2D eigenvalue weighted by Crippen LogP contribution is 2.36. The molecule has 3 aromatic rings. The number of hydrogen-bond acceptors (Lipinski definition) is 6. The second-order valence-electron chi connectivity index (χ2n) is 8.33. The Morgan fingerprint density at radius 3 is 2.53 bits per heavy atom. The Morgan fingerprint density at radius 2 is 1.78 bits per heavy atom. The van der Waals surface area contributed by atoms with Crippen LogP contribution >= 0.6 is 11.3 Å². The zero-order chi connectivity index (χ0) is 22.1. The standard InChI is InChI=1S/C23H26N4O3S2/c28-22(24-17-9-11-18(12-10-17)32(29,30)27-14-3-4-15-27)16-26-13-5-7-20(26)23-25-19-6-1-2-8-21(19)31-23/h1-2,6,8-12,20H,3-5,7,13-16H2,(H,24,28)/t20-/m1/s1. The molecule has 2 aromatic carbocycles. The third kappa shape index (κ3) is 4.30. The van der Waals surface area contributed by atoms with E-state index in [-0.39, 0.29) is 23.4 Å². The molecule has 168 valence electrons. The summed E-state index contributed by atoms with van der Waals surface area (Å²) in [5.74, 6) is -0.104. The lowest BCUT2D eigenvalue weighted by Crippen LogP contribution is -2.33. The molecule has 1 aromatic heterocycles. The summed E-state index contributed by atoms with van der Waals surface area (Å²) < 4.78 is 28.0. The molecule has 7 nitrogen and oxygen atoms in total. The first-order valence-electron chi connectivity index (χ1n) is 11.0. The lowest BCUT2D eigenvalue weighted by molar-refractivity contribution is -0.117. The van der Waals surface area contributed by atoms with Crippen molar-refractivity contribution < 1.29 is 13.2 Å². The van der Waals surface area contributed by atoms with E-state index in [0.717, 1.165) is 42.8 Å². The summed E-state index contributed by atoms with van der Waals surface area (Å²) in [4.78, 5) is 19.9. The van der Waals surface area contributed by atoms with E-state index >= 15 is 0 Å². The molecule has 0 aliphatic carbocycles. The van der Waals surface area contributed by atoms with E-state index in [0.29, 0.717) is 18.8 Å². The van der Waals surface area contributed by atoms with Crippen LogP contribution < -0.4 is 5.32 Å². The second-order valence-corrected chi connectivity index (χ2v) is 11.3. The number of sulfonamides is 1. The van der Waals surface area contributed by atoms with Crippen LogP contribution in [0.2, 0.25) is 0 Å². The maximum Gasteiger partial charge on any atom is 0.243 e. The predicted molar refractivity (Wildman–Crippen MR) is 126 cm³/mol. The summed E-state index contributed by atoms with van der Waals surface area (Å²) in [6, 6.07) is 14.7. The van der Waals surface area contributed by atoms with Crippen molar-refractivity contribution in [1.82, 2.24) is 14.2 Å². The lowest BCUT2D eigenvalue weighted by atomic mass is 10.2. The molecule has 1 amide bonds. The molecule has 5 rings (SSSR count). The monoisotopic (exact) mass is 470 g/mol. The van der Waals surface area contributed by atoms with Gasteiger partial charge < -0.3 is 5.32 Å². The Labute approximate surface area is 192 Å². The van der Waals surface area contributed by atoms with Gasteiger partial charge in [0, 0.05) is 18.8 Å². The number of anilines is 1. The number of aromatic nitrogens is 1. The molecular weight excluding hydrogens is 444 g/mol. The van der Waals surface area contributed by atoms with E-state index in [2.05, 4.69) is 16.3 Å². The van der Waals surface area contributed by atoms with Crippen molar-refractivity contribution in [3.05, 3.63) is 53.5 Å². The molecule has 0 spiro atoms. The molecule has 0 unspecified atom stereocenters. The highest BCUT2D eigenvalue weighted by Gasteiger charge is 2.30. The van der Waals surface area contributed by atoms with Crippen molar-refractivity contribution in [2.24, 2.45) is 0 Å². The molecule has 2 aliphatic heterocycles. The van der Waals surface area contributed by atoms with Crippen LogP contribution in [-0.2, 0) is 14.8 Å². The number of para-hydroxylation sites is 1.